The molecule has 0 saturated carbocycles. The smallest absolute Gasteiger partial charge is 0.217 e. The molecule has 1 N–H and O–H groups in total. The Bertz CT molecular complexity index is 318. The molecule has 16 heavy (non-hydrogen) atoms. The minimum Gasteiger partial charge on any atom is -0.477 e. The first-order valence-electron chi connectivity index (χ1n) is 5.84. The van der Waals surface area contributed by atoms with Crippen molar-refractivity contribution < 1.29 is 4.74 Å². The van der Waals surface area contributed by atoms with Crippen LogP contribution in [0.4, 0.5) is 0 Å². The van der Waals surface area contributed by atoms with Crippen LogP contribution in [0.5, 0.6) is 5.88 Å². The molecule has 3 nitrogen and oxygen atoms in total. The van der Waals surface area contributed by atoms with Gasteiger partial charge >= 0.3 is 0 Å². The van der Waals surface area contributed by atoms with Crippen molar-refractivity contribution in [2.75, 3.05) is 6.61 Å². The topological polar surface area (TPSA) is 34.1 Å². The second-order valence-corrected chi connectivity index (χ2v) is 4.92. The lowest BCUT2D eigenvalue weighted by atomic mass is 10.1. The van der Waals surface area contributed by atoms with E-state index in [1.165, 1.54) is 0 Å². The largest absolute Gasteiger partial charge is 0.477 e. The third-order valence-electron chi connectivity index (χ3n) is 2.10. The average molecular weight is 222 g/mol. The highest BCUT2D eigenvalue weighted by Crippen LogP contribution is 2.15. The minimum atomic E-state index is 0.109. The van der Waals surface area contributed by atoms with Crippen LogP contribution in [0, 0.1) is 0 Å². The zero-order valence-electron chi connectivity index (χ0n) is 10.7. The predicted molar refractivity (Wildman–Crippen MR) is 66.6 cm³/mol. The van der Waals surface area contributed by atoms with Gasteiger partial charge in [0.25, 0.3) is 0 Å². The molecule has 0 aromatic carbocycles. The van der Waals surface area contributed by atoms with Crippen LogP contribution in [-0.2, 0) is 6.54 Å². The number of nitrogens with zero attached hydrogens (tertiary/aromatic N) is 1. The Morgan fingerprint density at radius 3 is 2.75 bits per heavy atom. The summed E-state index contributed by atoms with van der Waals surface area (Å²) in [5.41, 5.74) is 1.23. The van der Waals surface area contributed by atoms with Crippen molar-refractivity contribution in [3.63, 3.8) is 0 Å². The highest BCUT2D eigenvalue weighted by atomic mass is 16.5. The highest BCUT2D eigenvalue weighted by molar-refractivity contribution is 5.25. The number of pyridine rings is 1. The summed E-state index contributed by atoms with van der Waals surface area (Å²) in [5, 5.41) is 3.43. The molecule has 1 aromatic rings. The van der Waals surface area contributed by atoms with Crippen LogP contribution in [0.1, 0.15) is 39.7 Å². The Morgan fingerprint density at radius 2 is 2.12 bits per heavy atom. The standard InChI is InChI=1S/C13H22N2O/c1-5-9-16-12-11(7-6-8-14-12)10-15-13(2,3)4/h6-8,15H,5,9-10H2,1-4H3. The molecule has 1 rings (SSSR count). The Morgan fingerprint density at radius 1 is 1.38 bits per heavy atom. The van der Waals surface area contributed by atoms with Gasteiger partial charge in [-0.15, -0.1) is 0 Å². The van der Waals surface area contributed by atoms with Crippen molar-refractivity contribution in [3.05, 3.63) is 23.9 Å². The summed E-state index contributed by atoms with van der Waals surface area (Å²) in [6.07, 6.45) is 2.77. The molecule has 0 amide bonds. The SMILES string of the molecule is CCCOc1ncccc1CNC(C)(C)C. The molecule has 1 aromatic heterocycles. The maximum absolute atomic E-state index is 5.60. The maximum atomic E-state index is 5.60. The van der Waals surface area contributed by atoms with E-state index < -0.39 is 0 Å². The van der Waals surface area contributed by atoms with Gasteiger partial charge in [0.2, 0.25) is 5.88 Å². The Kier molecular flexibility index (Phi) is 4.74. The van der Waals surface area contributed by atoms with Crippen LogP contribution < -0.4 is 10.1 Å². The van der Waals surface area contributed by atoms with Crippen LogP contribution in [0.25, 0.3) is 0 Å². The molecule has 0 aliphatic carbocycles. The number of aromatic nitrogens is 1. The highest BCUT2D eigenvalue weighted by Gasteiger charge is 2.11. The fraction of sp³-hybridized carbons (Fsp3) is 0.615. The lowest BCUT2D eigenvalue weighted by Gasteiger charge is -2.21. The van der Waals surface area contributed by atoms with E-state index in [-0.39, 0.29) is 5.54 Å². The summed E-state index contributed by atoms with van der Waals surface area (Å²) in [5.74, 6) is 0.751. The number of hydrogen-bond acceptors (Lipinski definition) is 3. The van der Waals surface area contributed by atoms with Gasteiger partial charge in [0, 0.05) is 23.8 Å². The Labute approximate surface area is 98.2 Å². The van der Waals surface area contributed by atoms with Crippen LogP contribution in [0.15, 0.2) is 18.3 Å². The lowest BCUT2D eigenvalue weighted by molar-refractivity contribution is 0.299. The van der Waals surface area contributed by atoms with Crippen LogP contribution in [0.2, 0.25) is 0 Å². The summed E-state index contributed by atoms with van der Waals surface area (Å²) in [6, 6.07) is 4.00. The molecule has 0 radical (unpaired) electrons. The van der Waals surface area contributed by atoms with Gasteiger partial charge in [0.05, 0.1) is 6.61 Å². The molecular weight excluding hydrogens is 200 g/mol. The summed E-state index contributed by atoms with van der Waals surface area (Å²) in [6.45, 7) is 10.0. The molecule has 0 unspecified atom stereocenters. The van der Waals surface area contributed by atoms with Crippen molar-refractivity contribution in [2.24, 2.45) is 0 Å². The van der Waals surface area contributed by atoms with Crippen molar-refractivity contribution in [2.45, 2.75) is 46.2 Å². The second-order valence-electron chi connectivity index (χ2n) is 4.92. The molecule has 90 valence electrons. The van der Waals surface area contributed by atoms with Gasteiger partial charge < -0.3 is 10.1 Å². The normalized spacial score (nSPS) is 11.5. The third-order valence-corrected chi connectivity index (χ3v) is 2.10. The van der Waals surface area contributed by atoms with E-state index in [0.717, 1.165) is 31.0 Å². The molecule has 0 atom stereocenters. The van der Waals surface area contributed by atoms with E-state index in [4.69, 9.17) is 4.74 Å². The maximum Gasteiger partial charge on any atom is 0.217 e. The Hall–Kier alpha value is -1.09. The molecule has 0 aliphatic rings. The molecule has 3 heteroatoms. The quantitative estimate of drug-likeness (QED) is 0.831. The minimum absolute atomic E-state index is 0.109. The van der Waals surface area contributed by atoms with Crippen LogP contribution in [0.3, 0.4) is 0 Å². The molecule has 0 fully saturated rings. The first-order chi connectivity index (χ1) is 7.53. The van der Waals surface area contributed by atoms with E-state index in [2.05, 4.69) is 44.1 Å². The van der Waals surface area contributed by atoms with Gasteiger partial charge in [0.15, 0.2) is 0 Å². The van der Waals surface area contributed by atoms with E-state index in [1.54, 1.807) is 6.20 Å². The van der Waals surface area contributed by atoms with Gasteiger partial charge in [0.1, 0.15) is 0 Å². The second kappa shape index (κ2) is 5.85. The fourth-order valence-electron chi connectivity index (χ4n) is 1.25. The van der Waals surface area contributed by atoms with E-state index in [9.17, 15) is 0 Å². The van der Waals surface area contributed by atoms with Crippen molar-refractivity contribution in [3.8, 4) is 5.88 Å². The van der Waals surface area contributed by atoms with E-state index in [1.807, 2.05) is 6.07 Å². The zero-order chi connectivity index (χ0) is 12.0. The summed E-state index contributed by atoms with van der Waals surface area (Å²) in [4.78, 5) is 4.25. The first-order valence-corrected chi connectivity index (χ1v) is 5.84. The van der Waals surface area contributed by atoms with Gasteiger partial charge in [-0.2, -0.15) is 0 Å². The van der Waals surface area contributed by atoms with Gasteiger partial charge in [-0.05, 0) is 33.3 Å². The number of hydrogen-bond donors (Lipinski definition) is 1. The summed E-state index contributed by atoms with van der Waals surface area (Å²) >= 11 is 0. The van der Waals surface area contributed by atoms with Crippen LogP contribution >= 0.6 is 0 Å². The number of rotatable bonds is 5. The third kappa shape index (κ3) is 4.62. The van der Waals surface area contributed by atoms with Crippen molar-refractivity contribution >= 4 is 0 Å². The monoisotopic (exact) mass is 222 g/mol. The first kappa shape index (κ1) is 13.0. The molecule has 1 heterocycles. The van der Waals surface area contributed by atoms with E-state index in [0.29, 0.717) is 0 Å². The molecular formula is C13H22N2O. The van der Waals surface area contributed by atoms with Gasteiger partial charge in [-0.25, -0.2) is 4.98 Å². The van der Waals surface area contributed by atoms with Crippen LogP contribution in [-0.4, -0.2) is 17.1 Å². The Balaban J connectivity index is 2.63. The summed E-state index contributed by atoms with van der Waals surface area (Å²) < 4.78 is 5.60. The van der Waals surface area contributed by atoms with Gasteiger partial charge in [-0.1, -0.05) is 13.0 Å². The molecule has 0 aliphatic heterocycles. The van der Waals surface area contributed by atoms with E-state index >= 15 is 0 Å². The predicted octanol–water partition coefficient (Wildman–Crippen LogP) is 2.76. The fourth-order valence-corrected chi connectivity index (χ4v) is 1.25. The molecule has 0 saturated heterocycles. The molecule has 0 bridgehead atoms. The average Bonchev–Trinajstić information content (AvgIpc) is 2.23. The summed E-state index contributed by atoms with van der Waals surface area (Å²) in [7, 11) is 0. The zero-order valence-corrected chi connectivity index (χ0v) is 10.7. The van der Waals surface area contributed by atoms with Gasteiger partial charge in [-0.3, -0.25) is 0 Å². The number of ether oxygens (including phenoxy) is 1. The number of nitrogens with one attached hydrogen (secondary N) is 1. The van der Waals surface area contributed by atoms with Crippen molar-refractivity contribution in [1.82, 2.24) is 10.3 Å². The van der Waals surface area contributed by atoms with Crippen molar-refractivity contribution in [1.29, 1.82) is 0 Å². The molecule has 0 spiro atoms. The lowest BCUT2D eigenvalue weighted by Crippen LogP contribution is -2.35.